The van der Waals surface area contributed by atoms with Crippen molar-refractivity contribution in [2.24, 2.45) is 0 Å². The second-order valence-corrected chi connectivity index (χ2v) is 7.55. The van der Waals surface area contributed by atoms with Crippen LogP contribution in [0.4, 0.5) is 24.5 Å². The van der Waals surface area contributed by atoms with Gasteiger partial charge in [-0.25, -0.2) is 13.2 Å². The van der Waals surface area contributed by atoms with Gasteiger partial charge in [-0.2, -0.15) is 0 Å². The van der Waals surface area contributed by atoms with Crippen molar-refractivity contribution in [1.29, 1.82) is 0 Å². The predicted octanol–water partition coefficient (Wildman–Crippen LogP) is 4.05. The average molecular weight is 393 g/mol. The van der Waals surface area contributed by atoms with E-state index in [2.05, 4.69) is 15.6 Å². The minimum absolute atomic E-state index is 0.338. The third kappa shape index (κ3) is 3.32. The number of carbonyl (C=O) groups excluding carboxylic acids is 1. The molecule has 1 saturated heterocycles. The van der Waals surface area contributed by atoms with Crippen LogP contribution in [-0.4, -0.2) is 29.0 Å². The Morgan fingerprint density at radius 1 is 1.14 bits per heavy atom. The van der Waals surface area contributed by atoms with Crippen LogP contribution in [0, 0.1) is 12.7 Å². The van der Waals surface area contributed by atoms with Gasteiger partial charge in [-0.1, -0.05) is 0 Å². The normalized spacial score (nSPS) is 23.6. The topological polar surface area (TPSA) is 63.2 Å². The molecule has 2 heterocycles. The van der Waals surface area contributed by atoms with Crippen LogP contribution in [-0.2, 0) is 15.1 Å². The summed E-state index contributed by atoms with van der Waals surface area (Å²) in [6.45, 7) is 4.78. The summed E-state index contributed by atoms with van der Waals surface area (Å²) >= 11 is 0. The maximum atomic E-state index is 15.4. The van der Waals surface area contributed by atoms with E-state index >= 15 is 8.78 Å². The van der Waals surface area contributed by atoms with Crippen LogP contribution >= 0.6 is 0 Å². The van der Waals surface area contributed by atoms with E-state index in [1.165, 1.54) is 26.0 Å². The molecule has 1 aromatic carbocycles. The average Bonchev–Trinajstić information content (AvgIpc) is 2.68. The fourth-order valence-corrected chi connectivity index (χ4v) is 3.26. The number of amides is 1. The Morgan fingerprint density at radius 3 is 2.46 bits per heavy atom. The first-order valence-electron chi connectivity index (χ1n) is 8.79. The SMILES string of the molecule is Cc1ccc(Nc2ccc(F)c(C3(C)NC(=O)COC(C)(C)C3(F)F)c2)cn1. The van der Waals surface area contributed by atoms with E-state index < -0.39 is 35.4 Å². The minimum Gasteiger partial charge on any atom is -0.359 e. The Labute approximate surface area is 161 Å². The van der Waals surface area contributed by atoms with Crippen molar-refractivity contribution >= 4 is 17.3 Å². The number of halogens is 3. The van der Waals surface area contributed by atoms with Gasteiger partial charge in [0.1, 0.15) is 23.6 Å². The summed E-state index contributed by atoms with van der Waals surface area (Å²) < 4.78 is 50.6. The molecule has 0 spiro atoms. The van der Waals surface area contributed by atoms with Crippen LogP contribution in [0.3, 0.4) is 0 Å². The Balaban J connectivity index is 2.07. The van der Waals surface area contributed by atoms with E-state index in [9.17, 15) is 9.18 Å². The lowest BCUT2D eigenvalue weighted by Gasteiger charge is -2.43. The molecule has 1 fully saturated rings. The molecule has 3 rings (SSSR count). The van der Waals surface area contributed by atoms with E-state index in [1.54, 1.807) is 18.3 Å². The summed E-state index contributed by atoms with van der Waals surface area (Å²) in [5, 5.41) is 5.27. The monoisotopic (exact) mass is 393 g/mol. The van der Waals surface area contributed by atoms with Crippen molar-refractivity contribution < 1.29 is 22.7 Å². The maximum Gasteiger partial charge on any atom is 0.302 e. The van der Waals surface area contributed by atoms with Gasteiger partial charge in [0.05, 0.1) is 11.9 Å². The molecule has 1 aliphatic rings. The standard InChI is InChI=1S/C20H22F3N3O2/c1-12-5-6-14(10-24-12)25-13-7-8-16(21)15(9-13)19(4)20(22,23)18(2,3)28-11-17(27)26-19/h5-10,25H,11H2,1-4H3,(H,26,27). The highest BCUT2D eigenvalue weighted by atomic mass is 19.3. The van der Waals surface area contributed by atoms with Crippen LogP contribution in [0.15, 0.2) is 36.5 Å². The molecule has 1 atom stereocenters. The lowest BCUT2D eigenvalue weighted by molar-refractivity contribution is -0.216. The highest BCUT2D eigenvalue weighted by Gasteiger charge is 2.64. The number of nitrogens with zero attached hydrogens (tertiary/aromatic N) is 1. The van der Waals surface area contributed by atoms with Gasteiger partial charge in [0.15, 0.2) is 0 Å². The number of nitrogens with one attached hydrogen (secondary N) is 2. The highest BCUT2D eigenvalue weighted by molar-refractivity contribution is 5.79. The maximum absolute atomic E-state index is 15.4. The fraction of sp³-hybridized carbons (Fsp3) is 0.400. The number of alkyl halides is 2. The summed E-state index contributed by atoms with van der Waals surface area (Å²) in [7, 11) is 0. The number of ether oxygens (including phenoxy) is 1. The van der Waals surface area contributed by atoms with E-state index in [4.69, 9.17) is 4.74 Å². The zero-order valence-electron chi connectivity index (χ0n) is 16.1. The molecule has 1 amide bonds. The lowest BCUT2D eigenvalue weighted by atomic mass is 9.77. The first kappa shape index (κ1) is 20.1. The Morgan fingerprint density at radius 2 is 1.82 bits per heavy atom. The number of hydrogen-bond acceptors (Lipinski definition) is 4. The van der Waals surface area contributed by atoms with Gasteiger partial charge in [-0.15, -0.1) is 0 Å². The van der Waals surface area contributed by atoms with E-state index in [0.29, 0.717) is 11.4 Å². The molecule has 0 bridgehead atoms. The summed E-state index contributed by atoms with van der Waals surface area (Å²) in [5.41, 5.74) is -2.81. The molecule has 8 heteroatoms. The number of benzene rings is 1. The molecule has 1 unspecified atom stereocenters. The van der Waals surface area contributed by atoms with Crippen LogP contribution < -0.4 is 10.6 Å². The molecular formula is C20H22F3N3O2. The number of rotatable bonds is 3. The van der Waals surface area contributed by atoms with Gasteiger partial charge < -0.3 is 15.4 Å². The molecular weight excluding hydrogens is 371 g/mol. The first-order valence-corrected chi connectivity index (χ1v) is 8.79. The van der Waals surface area contributed by atoms with E-state index in [-0.39, 0.29) is 5.56 Å². The second-order valence-electron chi connectivity index (χ2n) is 7.55. The van der Waals surface area contributed by atoms with Crippen molar-refractivity contribution in [2.45, 2.75) is 44.8 Å². The molecule has 28 heavy (non-hydrogen) atoms. The largest absolute Gasteiger partial charge is 0.359 e. The molecule has 0 radical (unpaired) electrons. The number of carbonyl (C=O) groups is 1. The number of pyridine rings is 1. The smallest absolute Gasteiger partial charge is 0.302 e. The van der Waals surface area contributed by atoms with E-state index in [0.717, 1.165) is 18.7 Å². The van der Waals surface area contributed by atoms with Crippen LogP contribution in [0.5, 0.6) is 0 Å². The van der Waals surface area contributed by atoms with E-state index in [1.807, 2.05) is 6.92 Å². The van der Waals surface area contributed by atoms with Gasteiger partial charge in [0, 0.05) is 16.9 Å². The van der Waals surface area contributed by atoms with Gasteiger partial charge >= 0.3 is 5.92 Å². The molecule has 0 saturated carbocycles. The molecule has 2 aromatic rings. The highest BCUT2D eigenvalue weighted by Crippen LogP contribution is 2.48. The summed E-state index contributed by atoms with van der Waals surface area (Å²) in [5.74, 6) is -5.20. The van der Waals surface area contributed by atoms with Gasteiger partial charge in [0.2, 0.25) is 5.91 Å². The van der Waals surface area contributed by atoms with Crippen molar-refractivity contribution in [1.82, 2.24) is 10.3 Å². The minimum atomic E-state index is -3.60. The zero-order chi connectivity index (χ0) is 20.7. The Kier molecular flexibility index (Phi) is 4.87. The second kappa shape index (κ2) is 6.77. The fourth-order valence-electron chi connectivity index (χ4n) is 3.26. The summed E-state index contributed by atoms with van der Waals surface area (Å²) in [4.78, 5) is 16.2. The van der Waals surface area contributed by atoms with Crippen LogP contribution in [0.2, 0.25) is 0 Å². The number of hydrogen-bond donors (Lipinski definition) is 2. The van der Waals surface area contributed by atoms with Crippen molar-refractivity contribution in [3.63, 3.8) is 0 Å². The molecule has 1 aromatic heterocycles. The summed E-state index contributed by atoms with van der Waals surface area (Å²) in [6.07, 6.45) is 1.58. The predicted molar refractivity (Wildman–Crippen MR) is 99.1 cm³/mol. The molecule has 1 aliphatic heterocycles. The lowest BCUT2D eigenvalue weighted by Crippen LogP contribution is -2.62. The number of anilines is 2. The first-order chi connectivity index (χ1) is 13.0. The van der Waals surface area contributed by atoms with Crippen molar-refractivity contribution in [3.05, 3.63) is 53.6 Å². The van der Waals surface area contributed by atoms with Gasteiger partial charge in [-0.05, 0) is 58.0 Å². The molecule has 0 aliphatic carbocycles. The summed E-state index contributed by atoms with van der Waals surface area (Å²) in [6, 6.07) is 7.34. The van der Waals surface area contributed by atoms with Crippen LogP contribution in [0.1, 0.15) is 32.0 Å². The Bertz CT molecular complexity index is 900. The molecule has 2 N–H and O–H groups in total. The van der Waals surface area contributed by atoms with Crippen molar-refractivity contribution in [2.75, 3.05) is 11.9 Å². The third-order valence-corrected chi connectivity index (χ3v) is 5.04. The zero-order valence-corrected chi connectivity index (χ0v) is 16.1. The van der Waals surface area contributed by atoms with Crippen molar-refractivity contribution in [3.8, 4) is 0 Å². The van der Waals surface area contributed by atoms with Gasteiger partial charge in [0.25, 0.3) is 0 Å². The number of aryl methyl sites for hydroxylation is 1. The van der Waals surface area contributed by atoms with Gasteiger partial charge in [-0.3, -0.25) is 9.78 Å². The quantitative estimate of drug-likeness (QED) is 0.826. The molecule has 150 valence electrons. The number of aromatic nitrogens is 1. The third-order valence-electron chi connectivity index (χ3n) is 5.04. The molecule has 5 nitrogen and oxygen atoms in total. The van der Waals surface area contributed by atoms with Crippen LogP contribution in [0.25, 0.3) is 0 Å². The Hall–Kier alpha value is -2.61.